The highest BCUT2D eigenvalue weighted by Crippen LogP contribution is 2.10. The Morgan fingerprint density at radius 1 is 1.35 bits per heavy atom. The van der Waals surface area contributed by atoms with Gasteiger partial charge in [-0.05, 0) is 45.0 Å². The Morgan fingerprint density at radius 3 is 2.70 bits per heavy atom. The molecular formula is C17H20FN3O2. The molecule has 2 aromatic rings. The molecule has 0 saturated carbocycles. The lowest BCUT2D eigenvalue weighted by molar-refractivity contribution is 0.0534. The number of hydrogen-bond donors (Lipinski definition) is 1. The van der Waals surface area contributed by atoms with Crippen LogP contribution in [-0.2, 0) is 4.74 Å². The standard InChI is InChI=1S/C17H20FN3O2/c1-17(2,3)23-16(22)19-10-4-5-13-11-20-21(12-13)15-8-6-14(18)7-9-15/h4-9,11-12H,10H2,1-3H3,(H,19,22). The molecule has 1 N–H and O–H groups in total. The van der Waals surface area contributed by atoms with E-state index in [2.05, 4.69) is 10.4 Å². The van der Waals surface area contributed by atoms with Crippen LogP contribution < -0.4 is 5.32 Å². The summed E-state index contributed by atoms with van der Waals surface area (Å²) in [6.07, 6.45) is 6.69. The van der Waals surface area contributed by atoms with Crippen molar-refractivity contribution in [1.82, 2.24) is 15.1 Å². The topological polar surface area (TPSA) is 56.1 Å². The van der Waals surface area contributed by atoms with Crippen molar-refractivity contribution in [1.29, 1.82) is 0 Å². The van der Waals surface area contributed by atoms with Crippen LogP contribution in [0.3, 0.4) is 0 Å². The van der Waals surface area contributed by atoms with E-state index in [1.165, 1.54) is 12.1 Å². The average molecular weight is 317 g/mol. The lowest BCUT2D eigenvalue weighted by Crippen LogP contribution is -2.32. The normalized spacial score (nSPS) is 11.7. The van der Waals surface area contributed by atoms with E-state index in [0.29, 0.717) is 6.54 Å². The fourth-order valence-corrected chi connectivity index (χ4v) is 1.81. The van der Waals surface area contributed by atoms with Gasteiger partial charge in [0.05, 0.1) is 11.9 Å². The molecule has 1 aromatic heterocycles. The molecule has 0 spiro atoms. The van der Waals surface area contributed by atoms with E-state index in [0.717, 1.165) is 11.3 Å². The zero-order chi connectivity index (χ0) is 16.9. The Hall–Kier alpha value is -2.63. The molecule has 0 aliphatic rings. The van der Waals surface area contributed by atoms with Gasteiger partial charge in [0.1, 0.15) is 11.4 Å². The van der Waals surface area contributed by atoms with E-state index in [1.807, 2.05) is 33.0 Å². The molecular weight excluding hydrogens is 297 g/mol. The number of ether oxygens (including phenoxy) is 1. The third kappa shape index (κ3) is 5.58. The van der Waals surface area contributed by atoms with Crippen LogP contribution in [0, 0.1) is 5.82 Å². The second kappa shape index (κ2) is 7.09. The average Bonchev–Trinajstić information content (AvgIpc) is 2.91. The van der Waals surface area contributed by atoms with Crippen molar-refractivity contribution in [2.24, 2.45) is 0 Å². The number of carbonyl (C=O) groups is 1. The molecule has 0 aliphatic heterocycles. The summed E-state index contributed by atoms with van der Waals surface area (Å²) in [6, 6.07) is 6.08. The zero-order valence-corrected chi connectivity index (χ0v) is 13.4. The minimum Gasteiger partial charge on any atom is -0.444 e. The molecule has 122 valence electrons. The first kappa shape index (κ1) is 16.7. The molecule has 5 nitrogen and oxygen atoms in total. The molecule has 0 bridgehead atoms. The quantitative estimate of drug-likeness (QED) is 0.938. The summed E-state index contributed by atoms with van der Waals surface area (Å²) in [4.78, 5) is 11.5. The molecule has 1 aromatic carbocycles. The highest BCUT2D eigenvalue weighted by molar-refractivity contribution is 5.68. The van der Waals surface area contributed by atoms with Gasteiger partial charge in [-0.3, -0.25) is 0 Å². The van der Waals surface area contributed by atoms with Crippen LogP contribution in [0.1, 0.15) is 26.3 Å². The van der Waals surface area contributed by atoms with Gasteiger partial charge in [0.25, 0.3) is 0 Å². The van der Waals surface area contributed by atoms with Gasteiger partial charge in [0.2, 0.25) is 0 Å². The van der Waals surface area contributed by atoms with Crippen molar-refractivity contribution < 1.29 is 13.9 Å². The molecule has 0 aliphatic carbocycles. The van der Waals surface area contributed by atoms with E-state index in [1.54, 1.807) is 29.1 Å². The highest BCUT2D eigenvalue weighted by Gasteiger charge is 2.14. The number of hydrogen-bond acceptors (Lipinski definition) is 3. The van der Waals surface area contributed by atoms with Crippen molar-refractivity contribution in [2.75, 3.05) is 6.54 Å². The summed E-state index contributed by atoms with van der Waals surface area (Å²) in [6.45, 7) is 5.79. The van der Waals surface area contributed by atoms with Crippen molar-refractivity contribution in [3.63, 3.8) is 0 Å². The second-order valence-electron chi connectivity index (χ2n) is 5.98. The van der Waals surface area contributed by atoms with Gasteiger partial charge in [0.15, 0.2) is 0 Å². The Kier molecular flexibility index (Phi) is 5.16. The third-order valence-corrected chi connectivity index (χ3v) is 2.77. The van der Waals surface area contributed by atoms with Crippen molar-refractivity contribution in [3.05, 3.63) is 54.1 Å². The molecule has 6 heteroatoms. The van der Waals surface area contributed by atoms with E-state index >= 15 is 0 Å². The number of amides is 1. The van der Waals surface area contributed by atoms with Gasteiger partial charge < -0.3 is 10.1 Å². The predicted octanol–water partition coefficient (Wildman–Crippen LogP) is 3.55. The van der Waals surface area contributed by atoms with Crippen LogP contribution >= 0.6 is 0 Å². The molecule has 0 atom stereocenters. The van der Waals surface area contributed by atoms with Crippen LogP contribution in [0.25, 0.3) is 11.8 Å². The van der Waals surface area contributed by atoms with Crippen LogP contribution in [0.2, 0.25) is 0 Å². The first-order valence-electron chi connectivity index (χ1n) is 7.27. The fourth-order valence-electron chi connectivity index (χ4n) is 1.81. The van der Waals surface area contributed by atoms with Gasteiger partial charge >= 0.3 is 6.09 Å². The number of halogens is 1. The molecule has 2 rings (SSSR count). The van der Waals surface area contributed by atoms with E-state index in [4.69, 9.17) is 4.74 Å². The maximum absolute atomic E-state index is 12.9. The van der Waals surface area contributed by atoms with Crippen molar-refractivity contribution in [3.8, 4) is 5.69 Å². The van der Waals surface area contributed by atoms with Gasteiger partial charge in [-0.2, -0.15) is 5.10 Å². The number of rotatable bonds is 4. The number of aromatic nitrogens is 2. The lowest BCUT2D eigenvalue weighted by atomic mass is 10.2. The summed E-state index contributed by atoms with van der Waals surface area (Å²) in [5, 5.41) is 6.85. The van der Waals surface area contributed by atoms with Gasteiger partial charge in [-0.1, -0.05) is 12.2 Å². The predicted molar refractivity (Wildman–Crippen MR) is 86.8 cm³/mol. The first-order valence-corrected chi connectivity index (χ1v) is 7.27. The number of alkyl carbamates (subject to hydrolysis) is 1. The summed E-state index contributed by atoms with van der Waals surface area (Å²) in [5.74, 6) is -0.283. The van der Waals surface area contributed by atoms with E-state index in [-0.39, 0.29) is 5.82 Å². The number of nitrogens with one attached hydrogen (secondary N) is 1. The third-order valence-electron chi connectivity index (χ3n) is 2.77. The molecule has 1 heterocycles. The van der Waals surface area contributed by atoms with Crippen LogP contribution in [-0.4, -0.2) is 28.0 Å². The van der Waals surface area contributed by atoms with Crippen molar-refractivity contribution in [2.45, 2.75) is 26.4 Å². The summed E-state index contributed by atoms with van der Waals surface area (Å²) < 4.78 is 19.7. The zero-order valence-electron chi connectivity index (χ0n) is 13.4. The summed E-state index contributed by atoms with van der Waals surface area (Å²) in [5.41, 5.74) is 1.14. The number of nitrogens with zero attached hydrogens (tertiary/aromatic N) is 2. The van der Waals surface area contributed by atoms with Crippen LogP contribution in [0.15, 0.2) is 42.7 Å². The summed E-state index contributed by atoms with van der Waals surface area (Å²) >= 11 is 0. The second-order valence-corrected chi connectivity index (χ2v) is 5.98. The smallest absolute Gasteiger partial charge is 0.407 e. The largest absolute Gasteiger partial charge is 0.444 e. The Morgan fingerprint density at radius 2 is 2.04 bits per heavy atom. The Bertz CT molecular complexity index is 685. The first-order chi connectivity index (χ1) is 10.8. The van der Waals surface area contributed by atoms with E-state index < -0.39 is 11.7 Å². The van der Waals surface area contributed by atoms with E-state index in [9.17, 15) is 9.18 Å². The molecule has 0 fully saturated rings. The summed E-state index contributed by atoms with van der Waals surface area (Å²) in [7, 11) is 0. The maximum Gasteiger partial charge on any atom is 0.407 e. The highest BCUT2D eigenvalue weighted by atomic mass is 19.1. The van der Waals surface area contributed by atoms with Crippen LogP contribution in [0.5, 0.6) is 0 Å². The maximum atomic E-state index is 12.9. The molecule has 23 heavy (non-hydrogen) atoms. The van der Waals surface area contributed by atoms with Crippen molar-refractivity contribution >= 4 is 12.2 Å². The van der Waals surface area contributed by atoms with Gasteiger partial charge in [0, 0.05) is 18.3 Å². The molecule has 0 radical (unpaired) electrons. The number of carbonyl (C=O) groups excluding carboxylic acids is 1. The molecule has 0 unspecified atom stereocenters. The Balaban J connectivity index is 1.87. The lowest BCUT2D eigenvalue weighted by Gasteiger charge is -2.19. The van der Waals surface area contributed by atoms with Gasteiger partial charge in [-0.25, -0.2) is 13.9 Å². The SMILES string of the molecule is CC(C)(C)OC(=O)NCC=Cc1cnn(-c2ccc(F)cc2)c1. The fraction of sp³-hybridized carbons (Fsp3) is 0.294. The number of benzene rings is 1. The minimum absolute atomic E-state index is 0.283. The monoisotopic (exact) mass is 317 g/mol. The van der Waals surface area contributed by atoms with Crippen LogP contribution in [0.4, 0.5) is 9.18 Å². The van der Waals surface area contributed by atoms with Gasteiger partial charge in [-0.15, -0.1) is 0 Å². The minimum atomic E-state index is -0.510. The molecule has 0 saturated heterocycles. The molecule has 1 amide bonds. The Labute approximate surface area is 134 Å².